The third kappa shape index (κ3) is 4.83. The molecule has 6 nitrogen and oxygen atoms in total. The Morgan fingerprint density at radius 1 is 1.32 bits per heavy atom. The Labute approximate surface area is 156 Å². The van der Waals surface area contributed by atoms with E-state index in [0.29, 0.717) is 33.8 Å². The third-order valence-electron chi connectivity index (χ3n) is 3.23. The second-order valence-electron chi connectivity index (χ2n) is 6.45. The number of amides is 1. The maximum absolute atomic E-state index is 12.5. The zero-order chi connectivity index (χ0) is 18.6. The van der Waals surface area contributed by atoms with Gasteiger partial charge in [-0.2, -0.15) is 0 Å². The molecule has 0 fully saturated rings. The predicted molar refractivity (Wildman–Crippen MR) is 100 cm³/mol. The molecule has 2 aromatic rings. The molecule has 0 spiro atoms. The molecule has 25 heavy (non-hydrogen) atoms. The van der Waals surface area contributed by atoms with Crippen LogP contribution in [0.4, 0.5) is 5.13 Å². The van der Waals surface area contributed by atoms with E-state index in [4.69, 9.17) is 21.1 Å². The lowest BCUT2D eigenvalue weighted by Crippen LogP contribution is -2.12. The number of hydrogen-bond donors (Lipinski definition) is 1. The molecule has 0 aliphatic rings. The van der Waals surface area contributed by atoms with Crippen LogP contribution < -0.4 is 14.8 Å². The van der Waals surface area contributed by atoms with E-state index in [1.165, 1.54) is 18.4 Å². The molecule has 0 saturated carbocycles. The summed E-state index contributed by atoms with van der Waals surface area (Å²) >= 11 is 7.60. The summed E-state index contributed by atoms with van der Waals surface area (Å²) in [4.78, 5) is 12.5. The number of ether oxygens (including phenoxy) is 2. The Balaban J connectivity index is 2.21. The van der Waals surface area contributed by atoms with E-state index in [1.54, 1.807) is 12.1 Å². The van der Waals surface area contributed by atoms with Gasteiger partial charge in [-0.25, -0.2) is 0 Å². The minimum Gasteiger partial charge on any atom is -0.493 e. The number of rotatable bonds is 6. The second-order valence-corrected chi connectivity index (χ2v) is 7.84. The molecule has 0 atom stereocenters. The average molecular weight is 384 g/mol. The van der Waals surface area contributed by atoms with Crippen molar-refractivity contribution in [1.29, 1.82) is 0 Å². The summed E-state index contributed by atoms with van der Waals surface area (Å²) in [7, 11) is 1.51. The van der Waals surface area contributed by atoms with E-state index in [2.05, 4.69) is 15.5 Å². The fraction of sp³-hybridized carbons (Fsp3) is 0.471. The van der Waals surface area contributed by atoms with Gasteiger partial charge in [-0.05, 0) is 18.6 Å². The van der Waals surface area contributed by atoms with Crippen LogP contribution in [0.3, 0.4) is 0 Å². The number of benzene rings is 1. The summed E-state index contributed by atoms with van der Waals surface area (Å²) in [6.45, 7) is 8.63. The summed E-state index contributed by atoms with van der Waals surface area (Å²) in [6.07, 6.45) is 0.842. The first-order chi connectivity index (χ1) is 11.8. The van der Waals surface area contributed by atoms with Crippen molar-refractivity contribution in [2.75, 3.05) is 19.0 Å². The minimum atomic E-state index is -0.334. The molecule has 0 saturated heterocycles. The molecule has 1 heterocycles. The van der Waals surface area contributed by atoms with Crippen molar-refractivity contribution < 1.29 is 14.3 Å². The fourth-order valence-electron chi connectivity index (χ4n) is 1.94. The molecule has 1 amide bonds. The first kappa shape index (κ1) is 19.5. The summed E-state index contributed by atoms with van der Waals surface area (Å²) in [5.41, 5.74) is 0.240. The van der Waals surface area contributed by atoms with Crippen molar-refractivity contribution in [3.8, 4) is 11.5 Å². The number of hydrogen-bond acceptors (Lipinski definition) is 6. The molecule has 8 heteroatoms. The van der Waals surface area contributed by atoms with Crippen molar-refractivity contribution in [3.63, 3.8) is 0 Å². The number of methoxy groups -OCH3 is 1. The first-order valence-electron chi connectivity index (χ1n) is 7.92. The van der Waals surface area contributed by atoms with Gasteiger partial charge in [-0.3, -0.25) is 10.1 Å². The number of nitrogens with zero attached hydrogens (tertiary/aromatic N) is 2. The van der Waals surface area contributed by atoms with Crippen molar-refractivity contribution in [1.82, 2.24) is 10.2 Å². The monoisotopic (exact) mass is 383 g/mol. The molecule has 1 aromatic heterocycles. The topological polar surface area (TPSA) is 73.3 Å². The van der Waals surface area contributed by atoms with E-state index < -0.39 is 0 Å². The van der Waals surface area contributed by atoms with Gasteiger partial charge in [0.1, 0.15) is 5.01 Å². The number of nitrogens with one attached hydrogen (secondary N) is 1. The van der Waals surface area contributed by atoms with Crippen molar-refractivity contribution in [2.45, 2.75) is 39.5 Å². The molecule has 136 valence electrons. The standard InChI is InChI=1S/C17H22ClN3O3S/c1-6-7-24-13-11(18)8-10(9-12(13)23-5)14(22)19-16-21-20-15(25-16)17(2,3)4/h8-9H,6-7H2,1-5H3,(H,19,21,22). The maximum Gasteiger partial charge on any atom is 0.257 e. The molecule has 0 bridgehead atoms. The number of carbonyl (C=O) groups excluding carboxylic acids is 1. The number of anilines is 1. The van der Waals surface area contributed by atoms with Crippen LogP contribution in [-0.2, 0) is 5.41 Å². The van der Waals surface area contributed by atoms with Gasteiger partial charge >= 0.3 is 0 Å². The molecule has 2 rings (SSSR count). The highest BCUT2D eigenvalue weighted by Crippen LogP contribution is 2.37. The van der Waals surface area contributed by atoms with Crippen LogP contribution in [0.1, 0.15) is 49.5 Å². The normalized spacial score (nSPS) is 11.3. The van der Waals surface area contributed by atoms with Gasteiger partial charge in [-0.15, -0.1) is 10.2 Å². The summed E-state index contributed by atoms with van der Waals surface area (Å²) in [5.74, 6) is 0.520. The van der Waals surface area contributed by atoms with Crippen LogP contribution in [0.5, 0.6) is 11.5 Å². The zero-order valence-corrected chi connectivity index (χ0v) is 16.5. The van der Waals surface area contributed by atoms with Gasteiger partial charge in [-0.1, -0.05) is 50.6 Å². The number of halogens is 1. The third-order valence-corrected chi connectivity index (χ3v) is 4.77. The molecule has 0 unspecified atom stereocenters. The van der Waals surface area contributed by atoms with Crippen molar-refractivity contribution in [2.24, 2.45) is 0 Å². The molecule has 1 N–H and O–H groups in total. The van der Waals surface area contributed by atoms with Crippen LogP contribution in [0.2, 0.25) is 5.02 Å². The second kappa shape index (κ2) is 8.01. The molecule has 0 aliphatic carbocycles. The molecular formula is C17H22ClN3O3S. The minimum absolute atomic E-state index is 0.120. The molecule has 0 radical (unpaired) electrons. The number of carbonyl (C=O) groups is 1. The van der Waals surface area contributed by atoms with E-state index in [0.717, 1.165) is 11.4 Å². The van der Waals surface area contributed by atoms with Crippen LogP contribution >= 0.6 is 22.9 Å². The Morgan fingerprint density at radius 2 is 2.04 bits per heavy atom. The number of aromatic nitrogens is 2. The lowest BCUT2D eigenvalue weighted by atomic mass is 9.98. The zero-order valence-electron chi connectivity index (χ0n) is 15.0. The van der Waals surface area contributed by atoms with E-state index in [1.807, 2.05) is 27.7 Å². The Morgan fingerprint density at radius 3 is 2.60 bits per heavy atom. The van der Waals surface area contributed by atoms with Gasteiger partial charge in [0.15, 0.2) is 11.5 Å². The predicted octanol–water partition coefficient (Wildman–Crippen LogP) is 4.54. The lowest BCUT2D eigenvalue weighted by Gasteiger charge is -2.13. The van der Waals surface area contributed by atoms with Crippen LogP contribution in [0.15, 0.2) is 12.1 Å². The van der Waals surface area contributed by atoms with Gasteiger partial charge in [0.05, 0.1) is 18.7 Å². The van der Waals surface area contributed by atoms with Crippen LogP contribution in [-0.4, -0.2) is 29.8 Å². The lowest BCUT2D eigenvalue weighted by molar-refractivity contribution is 0.102. The Bertz CT molecular complexity index is 756. The summed E-state index contributed by atoms with van der Waals surface area (Å²) in [6, 6.07) is 3.15. The van der Waals surface area contributed by atoms with E-state index in [-0.39, 0.29) is 11.3 Å². The van der Waals surface area contributed by atoms with Gasteiger partial charge in [0.25, 0.3) is 5.91 Å². The fourth-order valence-corrected chi connectivity index (χ4v) is 3.00. The molecule has 0 aliphatic heterocycles. The quantitative estimate of drug-likeness (QED) is 0.792. The molecular weight excluding hydrogens is 362 g/mol. The SMILES string of the molecule is CCCOc1c(Cl)cc(C(=O)Nc2nnc(C(C)(C)C)s2)cc1OC. The molecule has 1 aromatic carbocycles. The highest BCUT2D eigenvalue weighted by atomic mass is 35.5. The first-order valence-corrected chi connectivity index (χ1v) is 9.11. The largest absolute Gasteiger partial charge is 0.493 e. The summed E-state index contributed by atoms with van der Waals surface area (Å²) in [5, 5.41) is 12.5. The maximum atomic E-state index is 12.5. The van der Waals surface area contributed by atoms with Crippen LogP contribution in [0.25, 0.3) is 0 Å². The smallest absolute Gasteiger partial charge is 0.257 e. The highest BCUT2D eigenvalue weighted by Gasteiger charge is 2.21. The average Bonchev–Trinajstić information content (AvgIpc) is 3.01. The Hall–Kier alpha value is -1.86. The van der Waals surface area contributed by atoms with Gasteiger partial charge in [0, 0.05) is 11.0 Å². The van der Waals surface area contributed by atoms with Crippen molar-refractivity contribution >= 4 is 34.0 Å². The van der Waals surface area contributed by atoms with Crippen molar-refractivity contribution in [3.05, 3.63) is 27.7 Å². The summed E-state index contributed by atoms with van der Waals surface area (Å²) < 4.78 is 10.9. The Kier molecular flexibility index (Phi) is 6.24. The highest BCUT2D eigenvalue weighted by molar-refractivity contribution is 7.15. The van der Waals surface area contributed by atoms with Crippen LogP contribution in [0, 0.1) is 0 Å². The van der Waals surface area contributed by atoms with E-state index >= 15 is 0 Å². The van der Waals surface area contributed by atoms with Gasteiger partial charge < -0.3 is 9.47 Å². The van der Waals surface area contributed by atoms with Gasteiger partial charge in [0.2, 0.25) is 5.13 Å². The van der Waals surface area contributed by atoms with E-state index in [9.17, 15) is 4.79 Å².